The number of likely N-dealkylation sites (N-methyl/N-ethyl adjacent to an activating group) is 1. The fourth-order valence-corrected chi connectivity index (χ4v) is 4.64. The van der Waals surface area contributed by atoms with Crippen LogP contribution in [-0.2, 0) is 11.3 Å². The molecule has 0 spiro atoms. The van der Waals surface area contributed by atoms with Crippen LogP contribution in [0.15, 0.2) is 60.7 Å². The monoisotopic (exact) mass is 477 g/mol. The molecule has 1 aliphatic rings. The summed E-state index contributed by atoms with van der Waals surface area (Å²) in [5.74, 6) is -0.00740. The molecule has 1 saturated heterocycles. The number of nitrogens with zero attached hydrogens (tertiary/aromatic N) is 2. The highest BCUT2D eigenvalue weighted by atomic mass is 35.5. The lowest BCUT2D eigenvalue weighted by atomic mass is 9.96. The second-order valence-corrected chi connectivity index (χ2v) is 8.68. The van der Waals surface area contributed by atoms with Gasteiger partial charge < -0.3 is 10.2 Å². The van der Waals surface area contributed by atoms with Crippen molar-refractivity contribution in [3.05, 3.63) is 81.8 Å². The number of fused-ring (bicyclic) bond motifs is 1. The molecule has 3 aromatic carbocycles. The van der Waals surface area contributed by atoms with Crippen LogP contribution in [0, 0.1) is 0 Å². The molecule has 0 radical (unpaired) electrons. The van der Waals surface area contributed by atoms with Gasteiger partial charge in [-0.05, 0) is 47.1 Å². The van der Waals surface area contributed by atoms with E-state index in [1.54, 1.807) is 6.07 Å². The Morgan fingerprint density at radius 2 is 1.61 bits per heavy atom. The topological polar surface area (TPSA) is 35.6 Å². The number of benzene rings is 3. The lowest BCUT2D eigenvalue weighted by Crippen LogP contribution is -2.49. The van der Waals surface area contributed by atoms with Gasteiger partial charge in [0.1, 0.15) is 6.04 Å². The third-order valence-corrected chi connectivity index (χ3v) is 6.09. The summed E-state index contributed by atoms with van der Waals surface area (Å²) in [5, 5.41) is 6.50. The predicted octanol–water partition coefficient (Wildman–Crippen LogP) is 5.17. The second-order valence-electron chi connectivity index (χ2n) is 7.81. The number of rotatable bonds is 5. The van der Waals surface area contributed by atoms with Crippen LogP contribution in [0.5, 0.6) is 0 Å². The number of carbonyl (C=O) groups is 1. The van der Waals surface area contributed by atoms with E-state index in [0.717, 1.165) is 48.1 Å². The minimum Gasteiger partial charge on any atom is -0.350 e. The van der Waals surface area contributed by atoms with E-state index in [2.05, 4.69) is 46.4 Å². The summed E-state index contributed by atoms with van der Waals surface area (Å²) in [4.78, 5) is 18.1. The number of halogens is 3. The maximum Gasteiger partial charge on any atom is 0.242 e. The molecule has 1 N–H and O–H groups in total. The van der Waals surface area contributed by atoms with Gasteiger partial charge in [0.05, 0.1) is 0 Å². The Balaban J connectivity index is 0.00000272. The first-order valence-electron chi connectivity index (χ1n) is 10.1. The van der Waals surface area contributed by atoms with Gasteiger partial charge in [-0.3, -0.25) is 9.69 Å². The largest absolute Gasteiger partial charge is 0.350 e. The second kappa shape index (κ2) is 10.7. The van der Waals surface area contributed by atoms with Crippen LogP contribution in [0.3, 0.4) is 0 Å². The highest BCUT2D eigenvalue weighted by molar-refractivity contribution is 6.34. The summed E-state index contributed by atoms with van der Waals surface area (Å²) in [7, 11) is 2.12. The molecule has 4 rings (SSSR count). The van der Waals surface area contributed by atoms with Crippen LogP contribution >= 0.6 is 35.6 Å². The lowest BCUT2D eigenvalue weighted by Gasteiger charge is -2.37. The van der Waals surface area contributed by atoms with Gasteiger partial charge in [-0.15, -0.1) is 12.4 Å². The van der Waals surface area contributed by atoms with E-state index in [0.29, 0.717) is 16.6 Å². The van der Waals surface area contributed by atoms with E-state index in [1.165, 1.54) is 0 Å². The van der Waals surface area contributed by atoms with Crippen molar-refractivity contribution in [2.45, 2.75) is 12.6 Å². The summed E-state index contributed by atoms with van der Waals surface area (Å²) >= 11 is 12.2. The molecule has 0 unspecified atom stereocenters. The van der Waals surface area contributed by atoms with Gasteiger partial charge in [-0.1, -0.05) is 65.7 Å². The molecule has 0 aromatic heterocycles. The third kappa shape index (κ3) is 5.71. The van der Waals surface area contributed by atoms with E-state index in [4.69, 9.17) is 23.2 Å². The maximum absolute atomic E-state index is 13.5. The van der Waals surface area contributed by atoms with Crippen molar-refractivity contribution in [2.75, 3.05) is 33.2 Å². The van der Waals surface area contributed by atoms with Crippen LogP contribution in [0.2, 0.25) is 10.0 Å². The van der Waals surface area contributed by atoms with E-state index in [9.17, 15) is 4.79 Å². The quantitative estimate of drug-likeness (QED) is 0.549. The molecule has 3 aromatic rings. The smallest absolute Gasteiger partial charge is 0.242 e. The third-order valence-electron chi connectivity index (χ3n) is 5.66. The normalized spacial score (nSPS) is 16.0. The molecule has 1 aliphatic heterocycles. The van der Waals surface area contributed by atoms with E-state index < -0.39 is 0 Å². The molecule has 1 amide bonds. The Morgan fingerprint density at radius 3 is 2.32 bits per heavy atom. The first kappa shape index (κ1) is 23.8. The van der Waals surface area contributed by atoms with Crippen molar-refractivity contribution in [1.82, 2.24) is 15.1 Å². The minimum atomic E-state index is -0.348. The average Bonchev–Trinajstić information content (AvgIpc) is 2.73. The van der Waals surface area contributed by atoms with Crippen molar-refractivity contribution in [3.63, 3.8) is 0 Å². The van der Waals surface area contributed by atoms with Crippen LogP contribution in [0.1, 0.15) is 17.2 Å². The highest BCUT2D eigenvalue weighted by Crippen LogP contribution is 2.30. The first-order valence-corrected chi connectivity index (χ1v) is 10.9. The lowest BCUT2D eigenvalue weighted by molar-refractivity contribution is -0.127. The van der Waals surface area contributed by atoms with E-state index in [-0.39, 0.29) is 24.4 Å². The molecular formula is C24H26Cl3N3O. The number of amides is 1. The number of piperazine rings is 1. The van der Waals surface area contributed by atoms with Crippen molar-refractivity contribution in [3.8, 4) is 0 Å². The molecule has 1 atom stereocenters. The van der Waals surface area contributed by atoms with Gasteiger partial charge in [-0.2, -0.15) is 0 Å². The Morgan fingerprint density at radius 1 is 0.968 bits per heavy atom. The Labute approximate surface area is 199 Å². The van der Waals surface area contributed by atoms with E-state index in [1.807, 2.05) is 30.3 Å². The fourth-order valence-electron chi connectivity index (χ4n) is 4.07. The van der Waals surface area contributed by atoms with Crippen molar-refractivity contribution < 1.29 is 4.79 Å². The summed E-state index contributed by atoms with van der Waals surface area (Å²) in [6.07, 6.45) is 0. The molecule has 4 nitrogen and oxygen atoms in total. The average molecular weight is 479 g/mol. The zero-order valence-electron chi connectivity index (χ0n) is 17.4. The van der Waals surface area contributed by atoms with Gasteiger partial charge in [0, 0.05) is 42.8 Å². The zero-order valence-corrected chi connectivity index (χ0v) is 19.7. The van der Waals surface area contributed by atoms with Crippen LogP contribution in [0.25, 0.3) is 10.8 Å². The standard InChI is InChI=1S/C24H25Cl2N3O.ClH/c1-28-9-11-29(12-10-28)23(22-8-4-6-18-5-2-3-7-21(18)22)24(30)27-16-17-13-19(25)15-20(26)14-17;/h2-8,13-15,23H,9-12,16H2,1H3,(H,27,30);1H/t23-;/m1./s1. The van der Waals surface area contributed by atoms with Gasteiger partial charge in [-0.25, -0.2) is 0 Å². The maximum atomic E-state index is 13.5. The summed E-state index contributed by atoms with van der Waals surface area (Å²) in [6.45, 7) is 3.96. The molecular weight excluding hydrogens is 453 g/mol. The molecule has 1 fully saturated rings. The van der Waals surface area contributed by atoms with Crippen LogP contribution < -0.4 is 5.32 Å². The summed E-state index contributed by atoms with van der Waals surface area (Å²) < 4.78 is 0. The molecule has 0 aliphatic carbocycles. The molecule has 164 valence electrons. The van der Waals surface area contributed by atoms with Crippen molar-refractivity contribution in [2.24, 2.45) is 0 Å². The fraction of sp³-hybridized carbons (Fsp3) is 0.292. The Hall–Kier alpha value is -1.82. The Kier molecular flexibility index (Phi) is 8.20. The number of hydrogen-bond acceptors (Lipinski definition) is 3. The van der Waals surface area contributed by atoms with Gasteiger partial charge in [0.25, 0.3) is 0 Å². The van der Waals surface area contributed by atoms with Gasteiger partial charge in [0.2, 0.25) is 5.91 Å². The molecule has 0 bridgehead atoms. The minimum absolute atomic E-state index is 0. The molecule has 31 heavy (non-hydrogen) atoms. The van der Waals surface area contributed by atoms with Gasteiger partial charge in [0.15, 0.2) is 0 Å². The van der Waals surface area contributed by atoms with Crippen molar-refractivity contribution in [1.29, 1.82) is 0 Å². The SMILES string of the molecule is CN1CCN([C@@H](C(=O)NCc2cc(Cl)cc(Cl)c2)c2cccc3ccccc23)CC1.Cl. The summed E-state index contributed by atoms with van der Waals surface area (Å²) in [5.41, 5.74) is 1.93. The number of nitrogens with one attached hydrogen (secondary N) is 1. The van der Waals surface area contributed by atoms with Crippen LogP contribution in [0.4, 0.5) is 0 Å². The van der Waals surface area contributed by atoms with Gasteiger partial charge >= 0.3 is 0 Å². The molecule has 1 heterocycles. The Bertz CT molecular complexity index is 1030. The summed E-state index contributed by atoms with van der Waals surface area (Å²) in [6, 6.07) is 19.4. The predicted molar refractivity (Wildman–Crippen MR) is 131 cm³/mol. The van der Waals surface area contributed by atoms with E-state index >= 15 is 0 Å². The first-order chi connectivity index (χ1) is 14.5. The number of carbonyl (C=O) groups excluding carboxylic acids is 1. The van der Waals surface area contributed by atoms with Crippen molar-refractivity contribution >= 4 is 52.3 Å². The molecule has 0 saturated carbocycles. The number of hydrogen-bond donors (Lipinski definition) is 1. The highest BCUT2D eigenvalue weighted by Gasteiger charge is 2.30. The molecule has 7 heteroatoms. The van der Waals surface area contributed by atoms with Crippen LogP contribution in [-0.4, -0.2) is 48.9 Å². The zero-order chi connectivity index (χ0) is 21.1.